The monoisotopic (exact) mass is 347 g/mol. The number of benzene rings is 2. The van der Waals surface area contributed by atoms with Crippen LogP contribution in [0.3, 0.4) is 0 Å². The second kappa shape index (κ2) is 7.98. The second-order valence-corrected chi connectivity index (χ2v) is 5.72. The van der Waals surface area contributed by atoms with Crippen LogP contribution in [-0.4, -0.2) is 42.5 Å². The van der Waals surface area contributed by atoms with E-state index in [1.165, 1.54) is 6.21 Å². The number of rotatable bonds is 6. The maximum absolute atomic E-state index is 13.0. The number of aliphatic hydroxyl groups is 1. The number of esters is 1. The minimum atomic E-state index is -3.14. The van der Waals surface area contributed by atoms with Crippen molar-refractivity contribution in [2.75, 3.05) is 7.11 Å². The van der Waals surface area contributed by atoms with Gasteiger partial charge in [0.25, 0.3) is 6.43 Å². The molecule has 0 amide bonds. The zero-order valence-electron chi connectivity index (χ0n) is 13.9. The maximum Gasteiger partial charge on any atom is 0.333 e. The lowest BCUT2D eigenvalue weighted by molar-refractivity contribution is -0.158. The molecule has 0 fully saturated rings. The summed E-state index contributed by atoms with van der Waals surface area (Å²) in [5, 5.41) is 9.86. The lowest BCUT2D eigenvalue weighted by Crippen LogP contribution is -2.49. The van der Waals surface area contributed by atoms with Gasteiger partial charge in [-0.05, 0) is 23.6 Å². The molecule has 0 aliphatic carbocycles. The third kappa shape index (κ3) is 4.48. The van der Waals surface area contributed by atoms with Crippen LogP contribution in [0.5, 0.6) is 0 Å². The standard InChI is InChI=1S/C19H19F2NO3/c1-19(24,18(20)21)16(17(23)25-2)22-12-13-8-10-15(11-9-13)14-6-4-3-5-7-14/h3-12,16,18,24H,1-2H3/t16-,19+/m1/s1. The zero-order valence-corrected chi connectivity index (χ0v) is 13.9. The maximum atomic E-state index is 13.0. The normalized spacial score (nSPS) is 15.1. The third-order valence-corrected chi connectivity index (χ3v) is 3.81. The fraction of sp³-hybridized carbons (Fsp3) is 0.263. The van der Waals surface area contributed by atoms with Gasteiger partial charge in [-0.25, -0.2) is 13.6 Å². The molecule has 2 rings (SSSR count). The van der Waals surface area contributed by atoms with Crippen LogP contribution in [0.2, 0.25) is 0 Å². The Kier molecular flexibility index (Phi) is 5.98. The first-order chi connectivity index (χ1) is 11.9. The Balaban J connectivity index is 2.22. The highest BCUT2D eigenvalue weighted by Gasteiger charge is 2.45. The Bertz CT molecular complexity index is 728. The van der Waals surface area contributed by atoms with Crippen molar-refractivity contribution < 1.29 is 23.4 Å². The number of ether oxygens (including phenoxy) is 1. The molecular weight excluding hydrogens is 328 g/mol. The molecular formula is C19H19F2NO3. The van der Waals surface area contributed by atoms with Crippen LogP contribution >= 0.6 is 0 Å². The van der Waals surface area contributed by atoms with Gasteiger partial charge in [0.05, 0.1) is 7.11 Å². The van der Waals surface area contributed by atoms with Gasteiger partial charge in [-0.3, -0.25) is 4.99 Å². The average molecular weight is 347 g/mol. The molecule has 132 valence electrons. The van der Waals surface area contributed by atoms with Crippen molar-refractivity contribution in [2.45, 2.75) is 25.0 Å². The van der Waals surface area contributed by atoms with Gasteiger partial charge in [0.2, 0.25) is 0 Å². The van der Waals surface area contributed by atoms with Crippen LogP contribution in [0.15, 0.2) is 59.6 Å². The second-order valence-electron chi connectivity index (χ2n) is 5.72. The summed E-state index contributed by atoms with van der Waals surface area (Å²) in [6.45, 7) is 0.856. The van der Waals surface area contributed by atoms with Crippen molar-refractivity contribution in [2.24, 2.45) is 4.99 Å². The molecule has 0 aliphatic heterocycles. The summed E-state index contributed by atoms with van der Waals surface area (Å²) < 4.78 is 30.5. The Morgan fingerprint density at radius 1 is 1.12 bits per heavy atom. The number of methoxy groups -OCH3 is 1. The van der Waals surface area contributed by atoms with Crippen molar-refractivity contribution in [1.82, 2.24) is 0 Å². The molecule has 6 heteroatoms. The average Bonchev–Trinajstić information content (AvgIpc) is 2.62. The number of halogens is 2. The van der Waals surface area contributed by atoms with Gasteiger partial charge in [-0.15, -0.1) is 0 Å². The quantitative estimate of drug-likeness (QED) is 0.644. The summed E-state index contributed by atoms with van der Waals surface area (Å²) in [7, 11) is 1.06. The number of aliphatic imine (C=N–C) groups is 1. The Labute approximate surface area is 144 Å². The lowest BCUT2D eigenvalue weighted by atomic mass is 9.97. The number of hydrogen-bond donors (Lipinski definition) is 1. The van der Waals surface area contributed by atoms with Gasteiger partial charge >= 0.3 is 5.97 Å². The molecule has 0 spiro atoms. The van der Waals surface area contributed by atoms with E-state index < -0.39 is 24.0 Å². The molecule has 0 bridgehead atoms. The molecule has 0 aliphatic rings. The Morgan fingerprint density at radius 2 is 1.68 bits per heavy atom. The molecule has 0 saturated heterocycles. The summed E-state index contributed by atoms with van der Waals surface area (Å²) in [5.74, 6) is -1.03. The van der Waals surface area contributed by atoms with Gasteiger partial charge < -0.3 is 9.84 Å². The minimum Gasteiger partial charge on any atom is -0.467 e. The van der Waals surface area contributed by atoms with Crippen molar-refractivity contribution >= 4 is 12.2 Å². The number of carbonyl (C=O) groups is 1. The van der Waals surface area contributed by atoms with Crippen molar-refractivity contribution in [3.63, 3.8) is 0 Å². The zero-order chi connectivity index (χ0) is 18.4. The van der Waals surface area contributed by atoms with Crippen LogP contribution in [0.25, 0.3) is 11.1 Å². The van der Waals surface area contributed by atoms with Gasteiger partial charge in [0.1, 0.15) is 0 Å². The van der Waals surface area contributed by atoms with Gasteiger partial charge in [0.15, 0.2) is 11.6 Å². The van der Waals surface area contributed by atoms with Crippen molar-refractivity contribution in [3.8, 4) is 11.1 Å². The first-order valence-corrected chi connectivity index (χ1v) is 7.63. The number of alkyl halides is 2. The van der Waals surface area contributed by atoms with E-state index in [0.29, 0.717) is 5.56 Å². The fourth-order valence-electron chi connectivity index (χ4n) is 2.23. The molecule has 0 radical (unpaired) electrons. The number of nitrogens with zero attached hydrogens (tertiary/aromatic N) is 1. The number of hydrogen-bond acceptors (Lipinski definition) is 4. The van der Waals surface area contributed by atoms with Crippen LogP contribution in [0, 0.1) is 0 Å². The van der Waals surface area contributed by atoms with E-state index in [9.17, 15) is 18.7 Å². The number of carbonyl (C=O) groups excluding carboxylic acids is 1. The molecule has 2 aromatic rings. The summed E-state index contributed by atoms with van der Waals surface area (Å²) in [5.41, 5.74) is 0.0210. The Morgan fingerprint density at radius 3 is 2.20 bits per heavy atom. The highest BCUT2D eigenvalue weighted by molar-refractivity contribution is 5.85. The molecule has 0 aromatic heterocycles. The lowest BCUT2D eigenvalue weighted by Gasteiger charge is -2.27. The molecule has 0 unspecified atom stereocenters. The summed E-state index contributed by atoms with van der Waals surface area (Å²) in [6.07, 6.45) is -1.87. The SMILES string of the molecule is COC(=O)[C@@H](N=Cc1ccc(-c2ccccc2)cc1)[C@](C)(O)C(F)F. The molecule has 4 nitrogen and oxygen atoms in total. The Hall–Kier alpha value is -2.60. The molecule has 1 N–H and O–H groups in total. The topological polar surface area (TPSA) is 58.9 Å². The summed E-state index contributed by atoms with van der Waals surface area (Å²) in [6, 6.07) is 15.2. The van der Waals surface area contributed by atoms with E-state index in [1.54, 1.807) is 12.1 Å². The summed E-state index contributed by atoms with van der Waals surface area (Å²) >= 11 is 0. The third-order valence-electron chi connectivity index (χ3n) is 3.81. The van der Waals surface area contributed by atoms with Crippen molar-refractivity contribution in [3.05, 3.63) is 60.2 Å². The molecule has 0 heterocycles. The predicted octanol–water partition coefficient (Wildman–Crippen LogP) is 3.33. The smallest absolute Gasteiger partial charge is 0.333 e. The van der Waals surface area contributed by atoms with E-state index in [-0.39, 0.29) is 0 Å². The highest BCUT2D eigenvalue weighted by atomic mass is 19.3. The van der Waals surface area contributed by atoms with Crippen molar-refractivity contribution in [1.29, 1.82) is 0 Å². The van der Waals surface area contributed by atoms with Crippen LogP contribution in [-0.2, 0) is 9.53 Å². The van der Waals surface area contributed by atoms with E-state index in [2.05, 4.69) is 9.73 Å². The minimum absolute atomic E-state index is 0.610. The van der Waals surface area contributed by atoms with E-state index >= 15 is 0 Å². The molecule has 0 saturated carbocycles. The molecule has 2 aromatic carbocycles. The van der Waals surface area contributed by atoms with E-state index in [1.807, 2.05) is 42.5 Å². The fourth-order valence-corrected chi connectivity index (χ4v) is 2.23. The van der Waals surface area contributed by atoms with Crippen LogP contribution < -0.4 is 0 Å². The van der Waals surface area contributed by atoms with E-state index in [0.717, 1.165) is 25.2 Å². The molecule has 25 heavy (non-hydrogen) atoms. The first kappa shape index (κ1) is 18.7. The summed E-state index contributed by atoms with van der Waals surface area (Å²) in [4.78, 5) is 15.5. The highest BCUT2D eigenvalue weighted by Crippen LogP contribution is 2.23. The van der Waals surface area contributed by atoms with E-state index in [4.69, 9.17) is 0 Å². The van der Waals surface area contributed by atoms with Crippen LogP contribution in [0.4, 0.5) is 8.78 Å². The van der Waals surface area contributed by atoms with Gasteiger partial charge in [-0.1, -0.05) is 54.6 Å². The van der Waals surface area contributed by atoms with Gasteiger partial charge in [-0.2, -0.15) is 0 Å². The first-order valence-electron chi connectivity index (χ1n) is 7.63. The molecule has 2 atom stereocenters. The largest absolute Gasteiger partial charge is 0.467 e. The van der Waals surface area contributed by atoms with Gasteiger partial charge in [0, 0.05) is 6.21 Å². The predicted molar refractivity (Wildman–Crippen MR) is 91.9 cm³/mol. The van der Waals surface area contributed by atoms with Crippen LogP contribution in [0.1, 0.15) is 12.5 Å².